The molecule has 0 heterocycles. The second-order valence-corrected chi connectivity index (χ2v) is 9.69. The Hall–Kier alpha value is -2.74. The third-order valence-electron chi connectivity index (χ3n) is 4.53. The molecule has 9 heteroatoms. The van der Waals surface area contributed by atoms with Gasteiger partial charge in [-0.05, 0) is 60.5 Å². The first-order chi connectivity index (χ1) is 14.7. The monoisotopic (exact) mass is 478 g/mol. The maximum Gasteiger partial charge on any atom is 0.319 e. The number of halogens is 2. The van der Waals surface area contributed by atoms with E-state index < -0.39 is 21.9 Å². The third-order valence-corrected chi connectivity index (χ3v) is 7.07. The van der Waals surface area contributed by atoms with Crippen LogP contribution in [0.3, 0.4) is 0 Å². The zero-order valence-corrected chi connectivity index (χ0v) is 18.8. The minimum absolute atomic E-state index is 0.00606. The summed E-state index contributed by atoms with van der Waals surface area (Å²) in [6.45, 7) is 1.77. The van der Waals surface area contributed by atoms with Crippen molar-refractivity contribution in [2.45, 2.75) is 23.6 Å². The van der Waals surface area contributed by atoms with Crippen molar-refractivity contribution in [3.8, 4) is 5.75 Å². The summed E-state index contributed by atoms with van der Waals surface area (Å²) in [5.41, 5.74) is 1.59. The molecule has 1 atom stereocenters. The van der Waals surface area contributed by atoms with E-state index in [1.54, 1.807) is 37.3 Å². The van der Waals surface area contributed by atoms with Crippen molar-refractivity contribution in [1.82, 2.24) is 5.32 Å². The van der Waals surface area contributed by atoms with E-state index >= 15 is 0 Å². The van der Waals surface area contributed by atoms with Gasteiger partial charge in [-0.2, -0.15) is 0 Å². The van der Waals surface area contributed by atoms with E-state index in [2.05, 4.69) is 10.6 Å². The van der Waals surface area contributed by atoms with E-state index in [9.17, 15) is 18.3 Å². The summed E-state index contributed by atoms with van der Waals surface area (Å²) in [6, 6.07) is 16.3. The number of carbonyl (C=O) groups excluding carboxylic acids is 1. The highest BCUT2D eigenvalue weighted by Crippen LogP contribution is 2.29. The fourth-order valence-corrected chi connectivity index (χ4v) is 4.80. The normalized spacial score (nSPS) is 12.2. The average molecular weight is 479 g/mol. The number of hydrogen-bond donors (Lipinski definition) is 3. The maximum atomic E-state index is 12.6. The Bertz CT molecular complexity index is 1200. The number of rotatable bonds is 6. The van der Waals surface area contributed by atoms with Crippen molar-refractivity contribution in [3.63, 3.8) is 0 Å². The van der Waals surface area contributed by atoms with Crippen LogP contribution < -0.4 is 10.6 Å². The highest BCUT2D eigenvalue weighted by atomic mass is 35.5. The molecule has 3 N–H and O–H groups in total. The summed E-state index contributed by atoms with van der Waals surface area (Å²) in [6.07, 6.45) is 0. The first-order valence-electron chi connectivity index (χ1n) is 9.28. The number of phenols is 1. The Kier molecular flexibility index (Phi) is 7.10. The van der Waals surface area contributed by atoms with Crippen molar-refractivity contribution in [2.75, 3.05) is 5.32 Å². The predicted octanol–water partition coefficient (Wildman–Crippen LogP) is 5.56. The summed E-state index contributed by atoms with van der Waals surface area (Å²) < 4.78 is 25.2. The maximum absolute atomic E-state index is 12.6. The second-order valence-electron chi connectivity index (χ2n) is 6.92. The average Bonchev–Trinajstić information content (AvgIpc) is 2.70. The molecule has 0 aliphatic heterocycles. The predicted molar refractivity (Wildman–Crippen MR) is 122 cm³/mol. The van der Waals surface area contributed by atoms with Gasteiger partial charge in [-0.25, -0.2) is 13.2 Å². The molecular formula is C22H20Cl2N2O4S. The van der Waals surface area contributed by atoms with Crippen LogP contribution in [0, 0.1) is 0 Å². The minimum Gasteiger partial charge on any atom is -0.508 e. The summed E-state index contributed by atoms with van der Waals surface area (Å²) in [5.74, 6) is -0.237. The van der Waals surface area contributed by atoms with Crippen LogP contribution in [0.5, 0.6) is 5.75 Å². The van der Waals surface area contributed by atoms with Gasteiger partial charge < -0.3 is 15.7 Å². The number of amides is 2. The molecule has 31 heavy (non-hydrogen) atoms. The molecule has 0 spiro atoms. The van der Waals surface area contributed by atoms with Crippen molar-refractivity contribution in [3.05, 3.63) is 87.9 Å². The fourth-order valence-electron chi connectivity index (χ4n) is 2.99. The highest BCUT2D eigenvalue weighted by Gasteiger charge is 2.17. The third kappa shape index (κ3) is 5.91. The lowest BCUT2D eigenvalue weighted by Gasteiger charge is -2.17. The van der Waals surface area contributed by atoms with Gasteiger partial charge in [0.25, 0.3) is 0 Å². The van der Waals surface area contributed by atoms with Gasteiger partial charge in [-0.15, -0.1) is 0 Å². The Balaban J connectivity index is 1.64. The molecule has 0 aromatic heterocycles. The Labute approximate surface area is 190 Å². The lowest BCUT2D eigenvalue weighted by atomic mass is 10.1. The number of anilines is 1. The lowest BCUT2D eigenvalue weighted by molar-refractivity contribution is 0.249. The number of hydrogen-bond acceptors (Lipinski definition) is 4. The molecule has 0 saturated heterocycles. The molecule has 2 amide bonds. The molecular weight excluding hydrogens is 459 g/mol. The number of nitrogens with one attached hydrogen (secondary N) is 2. The van der Waals surface area contributed by atoms with Crippen LogP contribution in [0.1, 0.15) is 24.1 Å². The van der Waals surface area contributed by atoms with Crippen LogP contribution in [0.4, 0.5) is 10.5 Å². The van der Waals surface area contributed by atoms with Crippen molar-refractivity contribution in [2.24, 2.45) is 0 Å². The topological polar surface area (TPSA) is 95.5 Å². The molecule has 0 aliphatic rings. The summed E-state index contributed by atoms with van der Waals surface area (Å²) in [4.78, 5) is 12.4. The molecule has 0 saturated carbocycles. The van der Waals surface area contributed by atoms with E-state index in [-0.39, 0.29) is 16.4 Å². The van der Waals surface area contributed by atoms with Crippen LogP contribution in [0.25, 0.3) is 0 Å². The van der Waals surface area contributed by atoms with Crippen LogP contribution in [-0.4, -0.2) is 19.6 Å². The number of benzene rings is 3. The zero-order valence-electron chi connectivity index (χ0n) is 16.5. The highest BCUT2D eigenvalue weighted by molar-refractivity contribution is 7.90. The first kappa shape index (κ1) is 22.9. The van der Waals surface area contributed by atoms with E-state index in [1.165, 1.54) is 36.4 Å². The van der Waals surface area contributed by atoms with Crippen LogP contribution >= 0.6 is 23.2 Å². The van der Waals surface area contributed by atoms with Gasteiger partial charge in [0.1, 0.15) is 5.75 Å². The Morgan fingerprint density at radius 1 is 1.03 bits per heavy atom. The number of urea groups is 1. The molecule has 0 bridgehead atoms. The molecule has 0 unspecified atom stereocenters. The SMILES string of the molecule is C[C@H](NC(=O)Nc1ccc(S(=O)(=O)Cc2cccc(O)c2)cc1)c1cccc(Cl)c1Cl. The summed E-state index contributed by atoms with van der Waals surface area (Å²) in [5, 5.41) is 15.7. The van der Waals surface area contributed by atoms with Gasteiger partial charge in [0.15, 0.2) is 9.84 Å². The van der Waals surface area contributed by atoms with Gasteiger partial charge >= 0.3 is 6.03 Å². The minimum atomic E-state index is -3.61. The van der Waals surface area contributed by atoms with Gasteiger partial charge in [0.2, 0.25) is 0 Å². The standard InChI is InChI=1S/C22H20Cl2N2O4S/c1-14(19-6-3-7-20(23)21(19)24)25-22(28)26-16-8-10-18(11-9-16)31(29,30)13-15-4-2-5-17(27)12-15/h2-12,14,27H,13H2,1H3,(H2,25,26,28)/t14-/m0/s1. The smallest absolute Gasteiger partial charge is 0.319 e. The van der Waals surface area contributed by atoms with Crippen molar-refractivity contribution < 1.29 is 18.3 Å². The molecule has 3 rings (SSSR count). The second kappa shape index (κ2) is 9.60. The van der Waals surface area contributed by atoms with E-state index in [0.717, 1.165) is 0 Å². The summed E-state index contributed by atoms with van der Waals surface area (Å²) in [7, 11) is -3.61. The largest absolute Gasteiger partial charge is 0.508 e. The molecule has 3 aromatic carbocycles. The van der Waals surface area contributed by atoms with E-state index in [0.29, 0.717) is 26.9 Å². The lowest BCUT2D eigenvalue weighted by Crippen LogP contribution is -2.31. The van der Waals surface area contributed by atoms with Gasteiger partial charge in [-0.1, -0.05) is 47.5 Å². The molecule has 3 aromatic rings. The number of aromatic hydroxyl groups is 1. The molecule has 162 valence electrons. The Morgan fingerprint density at radius 3 is 2.39 bits per heavy atom. The molecule has 6 nitrogen and oxygen atoms in total. The van der Waals surface area contributed by atoms with Crippen molar-refractivity contribution >= 4 is 44.8 Å². The van der Waals surface area contributed by atoms with Crippen LogP contribution in [0.2, 0.25) is 10.0 Å². The number of sulfone groups is 1. The number of carbonyl (C=O) groups is 1. The number of phenolic OH excluding ortho intramolecular Hbond substituents is 1. The molecule has 0 aliphatic carbocycles. The quantitative estimate of drug-likeness (QED) is 0.432. The van der Waals surface area contributed by atoms with Gasteiger partial charge in [0, 0.05) is 5.69 Å². The van der Waals surface area contributed by atoms with E-state index in [1.807, 2.05) is 0 Å². The molecule has 0 radical (unpaired) electrons. The molecule has 0 fully saturated rings. The Morgan fingerprint density at radius 2 is 1.71 bits per heavy atom. The summed E-state index contributed by atoms with van der Waals surface area (Å²) >= 11 is 12.2. The van der Waals surface area contributed by atoms with Crippen molar-refractivity contribution in [1.29, 1.82) is 0 Å². The van der Waals surface area contributed by atoms with Gasteiger partial charge in [0.05, 0.1) is 26.7 Å². The fraction of sp³-hybridized carbons (Fsp3) is 0.136. The first-order valence-corrected chi connectivity index (χ1v) is 11.7. The zero-order chi connectivity index (χ0) is 22.6. The van der Waals surface area contributed by atoms with Crippen LogP contribution in [-0.2, 0) is 15.6 Å². The van der Waals surface area contributed by atoms with Gasteiger partial charge in [-0.3, -0.25) is 0 Å². The van der Waals surface area contributed by atoms with Crippen LogP contribution in [0.15, 0.2) is 71.6 Å². The van der Waals surface area contributed by atoms with E-state index in [4.69, 9.17) is 23.2 Å².